The number of fused-ring (bicyclic) bond motifs is 1. The van der Waals surface area contributed by atoms with Gasteiger partial charge in [-0.2, -0.15) is 0 Å². The number of hydrogen-bond acceptors (Lipinski definition) is 1. The van der Waals surface area contributed by atoms with Gasteiger partial charge in [-0.15, -0.1) is 0 Å². The van der Waals surface area contributed by atoms with E-state index in [0.29, 0.717) is 15.5 Å². The van der Waals surface area contributed by atoms with Crippen molar-refractivity contribution in [2.24, 2.45) is 0 Å². The molecule has 2 aromatic rings. The first-order valence-corrected chi connectivity index (χ1v) is 4.37. The van der Waals surface area contributed by atoms with Crippen molar-refractivity contribution < 1.29 is 8.78 Å². The second kappa shape index (κ2) is 3.03. The number of benzene rings is 1. The Morgan fingerprint density at radius 1 is 1.15 bits per heavy atom. The van der Waals surface area contributed by atoms with Crippen LogP contribution in [-0.2, 0) is 0 Å². The Labute approximate surface area is 81.5 Å². The van der Waals surface area contributed by atoms with Crippen LogP contribution < -0.4 is 0 Å². The highest BCUT2D eigenvalue weighted by Crippen LogP contribution is 2.19. The van der Waals surface area contributed by atoms with Crippen molar-refractivity contribution in [3.63, 3.8) is 0 Å². The fourth-order valence-corrected chi connectivity index (χ4v) is 1.46. The topological polar surface area (TPSA) is 12.9 Å². The Kier molecular flexibility index (Phi) is 2.00. The SMILES string of the molecule is Fc1cc(F)c2ccc(Br)nc2c1. The predicted octanol–water partition coefficient (Wildman–Crippen LogP) is 3.28. The summed E-state index contributed by atoms with van der Waals surface area (Å²) in [5, 5.41) is 0.324. The van der Waals surface area contributed by atoms with Gasteiger partial charge in [0.15, 0.2) is 0 Å². The van der Waals surface area contributed by atoms with Crippen LogP contribution in [0.4, 0.5) is 8.78 Å². The van der Waals surface area contributed by atoms with Gasteiger partial charge in [0.2, 0.25) is 0 Å². The molecule has 0 unspecified atom stereocenters. The third-order valence-corrected chi connectivity index (χ3v) is 2.13. The van der Waals surface area contributed by atoms with Gasteiger partial charge in [0, 0.05) is 17.5 Å². The molecule has 0 aliphatic carbocycles. The van der Waals surface area contributed by atoms with Gasteiger partial charge >= 0.3 is 0 Å². The molecule has 1 aromatic carbocycles. The molecule has 0 radical (unpaired) electrons. The first-order chi connectivity index (χ1) is 6.16. The molecular weight excluding hydrogens is 240 g/mol. The molecule has 4 heteroatoms. The number of pyridine rings is 1. The van der Waals surface area contributed by atoms with Crippen molar-refractivity contribution in [2.45, 2.75) is 0 Å². The number of rotatable bonds is 0. The zero-order valence-electron chi connectivity index (χ0n) is 6.39. The van der Waals surface area contributed by atoms with Crippen LogP contribution in [-0.4, -0.2) is 4.98 Å². The van der Waals surface area contributed by atoms with Crippen LogP contribution >= 0.6 is 15.9 Å². The lowest BCUT2D eigenvalue weighted by Gasteiger charge is -1.99. The minimum atomic E-state index is -0.615. The van der Waals surface area contributed by atoms with E-state index in [1.807, 2.05) is 0 Å². The summed E-state index contributed by atoms with van der Waals surface area (Å²) in [5.41, 5.74) is 0.312. The lowest BCUT2D eigenvalue weighted by molar-refractivity contribution is 0.591. The smallest absolute Gasteiger partial charge is 0.135 e. The van der Waals surface area contributed by atoms with E-state index in [9.17, 15) is 8.78 Å². The van der Waals surface area contributed by atoms with E-state index < -0.39 is 11.6 Å². The molecule has 1 nitrogen and oxygen atoms in total. The summed E-state index contributed by atoms with van der Waals surface area (Å²) in [6.45, 7) is 0. The molecule has 0 amide bonds. The van der Waals surface area contributed by atoms with Crippen LogP contribution in [0.25, 0.3) is 10.9 Å². The Bertz CT molecular complexity index is 465. The van der Waals surface area contributed by atoms with Crippen molar-refractivity contribution in [1.82, 2.24) is 4.98 Å². The van der Waals surface area contributed by atoms with Crippen LogP contribution in [0.3, 0.4) is 0 Å². The van der Waals surface area contributed by atoms with Gasteiger partial charge < -0.3 is 0 Å². The van der Waals surface area contributed by atoms with E-state index in [0.717, 1.165) is 6.07 Å². The second-order valence-corrected chi connectivity index (χ2v) is 3.40. The van der Waals surface area contributed by atoms with Gasteiger partial charge in [-0.25, -0.2) is 13.8 Å². The van der Waals surface area contributed by atoms with Gasteiger partial charge in [0.05, 0.1) is 5.52 Å². The summed E-state index contributed by atoms with van der Waals surface area (Å²) in [6, 6.07) is 5.21. The summed E-state index contributed by atoms with van der Waals surface area (Å²) in [5.74, 6) is -1.20. The Hall–Kier alpha value is -1.03. The summed E-state index contributed by atoms with van der Waals surface area (Å²) in [7, 11) is 0. The van der Waals surface area contributed by atoms with E-state index in [-0.39, 0.29) is 0 Å². The van der Waals surface area contributed by atoms with Gasteiger partial charge in [0.1, 0.15) is 16.2 Å². The fourth-order valence-electron chi connectivity index (χ4n) is 1.13. The highest BCUT2D eigenvalue weighted by atomic mass is 79.9. The molecule has 0 saturated heterocycles. The third-order valence-electron chi connectivity index (χ3n) is 1.69. The second-order valence-electron chi connectivity index (χ2n) is 2.59. The molecular formula is C9H4BrF2N. The van der Waals surface area contributed by atoms with Crippen molar-refractivity contribution in [2.75, 3.05) is 0 Å². The van der Waals surface area contributed by atoms with Crippen molar-refractivity contribution >= 4 is 26.8 Å². The first-order valence-electron chi connectivity index (χ1n) is 3.58. The molecule has 0 fully saturated rings. The molecule has 66 valence electrons. The average molecular weight is 244 g/mol. The summed E-state index contributed by atoms with van der Waals surface area (Å²) in [4.78, 5) is 3.93. The maximum Gasteiger partial charge on any atom is 0.135 e. The average Bonchev–Trinajstić information content (AvgIpc) is 2.02. The zero-order valence-corrected chi connectivity index (χ0v) is 7.98. The minimum absolute atomic E-state index is 0.312. The molecule has 0 aliphatic rings. The molecule has 1 aromatic heterocycles. The highest BCUT2D eigenvalue weighted by molar-refractivity contribution is 9.10. The Morgan fingerprint density at radius 3 is 2.69 bits per heavy atom. The number of aromatic nitrogens is 1. The Morgan fingerprint density at radius 2 is 1.92 bits per heavy atom. The van der Waals surface area contributed by atoms with E-state index in [4.69, 9.17) is 0 Å². The molecule has 0 aliphatic heterocycles. The molecule has 0 spiro atoms. The van der Waals surface area contributed by atoms with Crippen molar-refractivity contribution in [3.8, 4) is 0 Å². The summed E-state index contributed by atoms with van der Waals surface area (Å²) < 4.78 is 26.4. The molecule has 0 bridgehead atoms. The number of hydrogen-bond donors (Lipinski definition) is 0. The maximum atomic E-state index is 13.1. The largest absolute Gasteiger partial charge is 0.241 e. The Balaban J connectivity index is 2.86. The minimum Gasteiger partial charge on any atom is -0.241 e. The van der Waals surface area contributed by atoms with E-state index >= 15 is 0 Å². The molecule has 0 saturated carbocycles. The van der Waals surface area contributed by atoms with Gasteiger partial charge in [-0.3, -0.25) is 0 Å². The summed E-state index contributed by atoms with van der Waals surface area (Å²) >= 11 is 3.13. The first kappa shape index (κ1) is 8.56. The van der Waals surface area contributed by atoms with Crippen LogP contribution in [0.5, 0.6) is 0 Å². The maximum absolute atomic E-state index is 13.1. The van der Waals surface area contributed by atoms with E-state index in [2.05, 4.69) is 20.9 Å². The molecule has 1 heterocycles. The van der Waals surface area contributed by atoms with Crippen molar-refractivity contribution in [3.05, 3.63) is 40.5 Å². The molecule has 13 heavy (non-hydrogen) atoms. The molecule has 2 rings (SSSR count). The van der Waals surface area contributed by atoms with E-state index in [1.54, 1.807) is 12.1 Å². The number of nitrogens with zero attached hydrogens (tertiary/aromatic N) is 1. The van der Waals surface area contributed by atoms with Crippen LogP contribution in [0.15, 0.2) is 28.9 Å². The fraction of sp³-hybridized carbons (Fsp3) is 0. The zero-order chi connectivity index (χ0) is 9.42. The van der Waals surface area contributed by atoms with Crippen LogP contribution in [0.1, 0.15) is 0 Å². The van der Waals surface area contributed by atoms with Crippen LogP contribution in [0.2, 0.25) is 0 Å². The predicted molar refractivity (Wildman–Crippen MR) is 49.4 cm³/mol. The van der Waals surface area contributed by atoms with Gasteiger partial charge in [-0.05, 0) is 28.1 Å². The summed E-state index contributed by atoms with van der Waals surface area (Å²) in [6.07, 6.45) is 0. The van der Waals surface area contributed by atoms with Crippen LogP contribution in [0, 0.1) is 11.6 Å². The third kappa shape index (κ3) is 1.54. The monoisotopic (exact) mass is 243 g/mol. The number of halogens is 3. The molecule has 0 N–H and O–H groups in total. The standard InChI is InChI=1S/C9H4BrF2N/c10-9-2-1-6-7(12)3-5(11)4-8(6)13-9/h1-4H. The lowest BCUT2D eigenvalue weighted by atomic mass is 10.2. The highest BCUT2D eigenvalue weighted by Gasteiger charge is 2.04. The van der Waals surface area contributed by atoms with E-state index in [1.165, 1.54) is 6.07 Å². The lowest BCUT2D eigenvalue weighted by Crippen LogP contribution is -1.86. The van der Waals surface area contributed by atoms with Gasteiger partial charge in [-0.1, -0.05) is 0 Å². The van der Waals surface area contributed by atoms with Crippen molar-refractivity contribution in [1.29, 1.82) is 0 Å². The quantitative estimate of drug-likeness (QED) is 0.648. The molecule has 0 atom stereocenters. The van der Waals surface area contributed by atoms with Gasteiger partial charge in [0.25, 0.3) is 0 Å². The normalized spacial score (nSPS) is 10.7.